The highest BCUT2D eigenvalue weighted by molar-refractivity contribution is 5.94. The largest absolute Gasteiger partial charge is 0.496 e. The molecular weight excluding hydrogens is 461 g/mol. The van der Waals surface area contributed by atoms with Gasteiger partial charge in [-0.2, -0.15) is 0 Å². The molecule has 0 aromatic heterocycles. The summed E-state index contributed by atoms with van der Waals surface area (Å²) in [5.41, 5.74) is 1.52. The van der Waals surface area contributed by atoms with E-state index in [1.165, 1.54) is 24.8 Å². The van der Waals surface area contributed by atoms with Gasteiger partial charge in [-0.05, 0) is 48.9 Å². The summed E-state index contributed by atoms with van der Waals surface area (Å²) in [6.45, 7) is 5.21. The second kappa shape index (κ2) is 10.1. The molecule has 2 saturated heterocycles. The molecule has 2 aromatic rings. The molecule has 5 rings (SSSR count). The van der Waals surface area contributed by atoms with Crippen LogP contribution in [0.4, 0.5) is 4.39 Å². The molecule has 3 fully saturated rings. The lowest BCUT2D eigenvalue weighted by Gasteiger charge is -2.36. The number of rotatable bonds is 6. The lowest BCUT2D eigenvalue weighted by Crippen LogP contribution is -2.49. The summed E-state index contributed by atoms with van der Waals surface area (Å²) in [6, 6.07) is 12.4. The van der Waals surface area contributed by atoms with E-state index in [4.69, 9.17) is 9.47 Å². The first-order valence-electron chi connectivity index (χ1n) is 12.7. The van der Waals surface area contributed by atoms with Crippen LogP contribution in [0.5, 0.6) is 11.5 Å². The standard InChI is InChI=1S/C28H34FN3O4/c1-35-24-6-4-3-5-21(24)19-30-13-15-32(16-14-30)27(34)22-18-28(22)9-11-31(12-10-28)26(33)20-7-8-25(36-2)23(29)17-20/h3-8,17,22H,9-16,18-19H2,1-2H3/t22-/m1/s1. The van der Waals surface area contributed by atoms with E-state index in [2.05, 4.69) is 11.0 Å². The van der Waals surface area contributed by atoms with E-state index in [-0.39, 0.29) is 28.9 Å². The molecule has 2 aliphatic heterocycles. The van der Waals surface area contributed by atoms with Crippen LogP contribution in [0.1, 0.15) is 35.2 Å². The third-order valence-corrected chi connectivity index (χ3v) is 8.20. The van der Waals surface area contributed by atoms with Gasteiger partial charge in [-0.1, -0.05) is 18.2 Å². The van der Waals surface area contributed by atoms with Crippen molar-refractivity contribution in [1.29, 1.82) is 0 Å². The molecule has 36 heavy (non-hydrogen) atoms. The molecule has 0 bridgehead atoms. The first-order valence-corrected chi connectivity index (χ1v) is 12.7. The van der Waals surface area contributed by atoms with E-state index in [0.717, 1.165) is 57.7 Å². The third-order valence-electron chi connectivity index (χ3n) is 8.20. The number of para-hydroxylation sites is 1. The summed E-state index contributed by atoms with van der Waals surface area (Å²) in [4.78, 5) is 32.3. The van der Waals surface area contributed by atoms with E-state index >= 15 is 0 Å². The number of amides is 2. The van der Waals surface area contributed by atoms with Crippen molar-refractivity contribution < 1.29 is 23.5 Å². The zero-order valence-corrected chi connectivity index (χ0v) is 21.0. The number of nitrogens with zero attached hydrogens (tertiary/aromatic N) is 3. The maximum Gasteiger partial charge on any atom is 0.253 e. The van der Waals surface area contributed by atoms with Crippen LogP contribution in [-0.2, 0) is 11.3 Å². The number of carbonyl (C=O) groups is 2. The van der Waals surface area contributed by atoms with Crippen molar-refractivity contribution in [3.05, 3.63) is 59.4 Å². The number of benzene rings is 2. The molecule has 8 heteroatoms. The summed E-state index contributed by atoms with van der Waals surface area (Å²) in [5, 5.41) is 0. The van der Waals surface area contributed by atoms with Crippen molar-refractivity contribution in [2.75, 3.05) is 53.5 Å². The Morgan fingerprint density at radius 3 is 2.28 bits per heavy atom. The minimum Gasteiger partial charge on any atom is -0.496 e. The Kier molecular flexibility index (Phi) is 6.88. The summed E-state index contributed by atoms with van der Waals surface area (Å²) >= 11 is 0. The second-order valence-corrected chi connectivity index (χ2v) is 10.2. The molecule has 0 N–H and O–H groups in total. The Morgan fingerprint density at radius 1 is 0.917 bits per heavy atom. The van der Waals surface area contributed by atoms with Crippen LogP contribution in [0, 0.1) is 17.2 Å². The van der Waals surface area contributed by atoms with E-state index < -0.39 is 5.82 Å². The fraction of sp³-hybridized carbons (Fsp3) is 0.500. The highest BCUT2D eigenvalue weighted by Crippen LogP contribution is 2.60. The van der Waals surface area contributed by atoms with E-state index in [9.17, 15) is 14.0 Å². The van der Waals surface area contributed by atoms with Gasteiger partial charge < -0.3 is 19.3 Å². The number of piperidine rings is 1. The molecular formula is C28H34FN3O4. The summed E-state index contributed by atoms with van der Waals surface area (Å²) in [6.07, 6.45) is 2.55. The van der Waals surface area contributed by atoms with Gasteiger partial charge in [0.05, 0.1) is 14.2 Å². The van der Waals surface area contributed by atoms with Crippen LogP contribution in [-0.4, -0.2) is 80.0 Å². The number of halogens is 1. The zero-order chi connectivity index (χ0) is 25.3. The molecule has 2 aromatic carbocycles. The number of hydrogen-bond donors (Lipinski definition) is 0. The summed E-state index contributed by atoms with van der Waals surface area (Å²) < 4.78 is 24.5. The van der Waals surface area contributed by atoms with Crippen LogP contribution < -0.4 is 9.47 Å². The van der Waals surface area contributed by atoms with E-state index in [1.807, 2.05) is 23.1 Å². The number of hydrogen-bond acceptors (Lipinski definition) is 5. The Bertz CT molecular complexity index is 1120. The van der Waals surface area contributed by atoms with Crippen molar-refractivity contribution in [3.8, 4) is 11.5 Å². The quantitative estimate of drug-likeness (QED) is 0.615. The average molecular weight is 496 g/mol. The highest BCUT2D eigenvalue weighted by Gasteiger charge is 2.59. The zero-order valence-electron chi connectivity index (χ0n) is 21.0. The second-order valence-electron chi connectivity index (χ2n) is 10.2. The van der Waals surface area contributed by atoms with Gasteiger partial charge in [0.15, 0.2) is 11.6 Å². The number of ether oxygens (including phenoxy) is 2. The normalized spacial score (nSPS) is 21.4. The number of carbonyl (C=O) groups excluding carboxylic acids is 2. The molecule has 1 spiro atoms. The molecule has 2 heterocycles. The number of methoxy groups -OCH3 is 2. The molecule has 3 aliphatic rings. The molecule has 2 amide bonds. The average Bonchev–Trinajstić information content (AvgIpc) is 3.61. The SMILES string of the molecule is COc1ccc(C(=O)N2CCC3(CC2)C[C@@H]3C(=O)N2CCN(Cc3ccccc3OC)CC2)cc1F. The van der Waals surface area contributed by atoms with Crippen molar-refractivity contribution in [1.82, 2.24) is 14.7 Å². The predicted molar refractivity (Wildman–Crippen MR) is 133 cm³/mol. The molecule has 1 atom stereocenters. The van der Waals surface area contributed by atoms with Gasteiger partial charge in [-0.25, -0.2) is 4.39 Å². The Hall–Kier alpha value is -3.13. The minimum atomic E-state index is -0.535. The van der Waals surface area contributed by atoms with Crippen LogP contribution in [0.2, 0.25) is 0 Å². The number of likely N-dealkylation sites (tertiary alicyclic amines) is 1. The predicted octanol–water partition coefficient (Wildman–Crippen LogP) is 3.43. The van der Waals surface area contributed by atoms with Gasteiger partial charge in [0.25, 0.3) is 5.91 Å². The van der Waals surface area contributed by atoms with Gasteiger partial charge in [0.1, 0.15) is 5.75 Å². The maximum atomic E-state index is 14.0. The molecule has 1 saturated carbocycles. The summed E-state index contributed by atoms with van der Waals surface area (Å²) in [7, 11) is 3.10. The van der Waals surface area contributed by atoms with Gasteiger partial charge in [0.2, 0.25) is 5.91 Å². The van der Waals surface area contributed by atoms with Gasteiger partial charge in [0, 0.05) is 62.9 Å². The Balaban J connectivity index is 1.10. The van der Waals surface area contributed by atoms with Crippen molar-refractivity contribution in [2.45, 2.75) is 25.8 Å². The molecule has 0 radical (unpaired) electrons. The first kappa shape index (κ1) is 24.6. The maximum absolute atomic E-state index is 14.0. The van der Waals surface area contributed by atoms with Gasteiger partial charge in [-0.15, -0.1) is 0 Å². The van der Waals surface area contributed by atoms with Gasteiger partial charge in [-0.3, -0.25) is 14.5 Å². The highest BCUT2D eigenvalue weighted by atomic mass is 19.1. The minimum absolute atomic E-state index is 0.0214. The van der Waals surface area contributed by atoms with Gasteiger partial charge >= 0.3 is 0 Å². The first-order chi connectivity index (χ1) is 17.4. The smallest absolute Gasteiger partial charge is 0.253 e. The van der Waals surface area contributed by atoms with Crippen molar-refractivity contribution in [2.24, 2.45) is 11.3 Å². The fourth-order valence-electron chi connectivity index (χ4n) is 5.81. The van der Waals surface area contributed by atoms with Crippen LogP contribution in [0.15, 0.2) is 42.5 Å². The molecule has 1 aliphatic carbocycles. The van der Waals surface area contributed by atoms with E-state index in [1.54, 1.807) is 18.1 Å². The van der Waals surface area contributed by atoms with E-state index in [0.29, 0.717) is 18.7 Å². The van der Waals surface area contributed by atoms with Crippen LogP contribution in [0.3, 0.4) is 0 Å². The molecule has 7 nitrogen and oxygen atoms in total. The van der Waals surface area contributed by atoms with Crippen molar-refractivity contribution >= 4 is 11.8 Å². The Labute approximate surface area is 211 Å². The third kappa shape index (κ3) is 4.78. The molecule has 192 valence electrons. The monoisotopic (exact) mass is 495 g/mol. The van der Waals surface area contributed by atoms with Crippen LogP contribution >= 0.6 is 0 Å². The molecule has 0 unspecified atom stereocenters. The lowest BCUT2D eigenvalue weighted by atomic mass is 9.90. The fourth-order valence-corrected chi connectivity index (χ4v) is 5.81. The lowest BCUT2D eigenvalue weighted by molar-refractivity contribution is -0.135. The van der Waals surface area contributed by atoms with Crippen LogP contribution in [0.25, 0.3) is 0 Å². The Morgan fingerprint density at radius 2 is 1.61 bits per heavy atom. The van der Waals surface area contributed by atoms with Crippen molar-refractivity contribution in [3.63, 3.8) is 0 Å². The summed E-state index contributed by atoms with van der Waals surface area (Å²) in [5.74, 6) is 0.661. The number of piperazine rings is 1. The topological polar surface area (TPSA) is 62.3 Å².